The zero-order chi connectivity index (χ0) is 21.9. The Balaban J connectivity index is 1.78. The van der Waals surface area contributed by atoms with E-state index in [0.29, 0.717) is 12.3 Å². The average Bonchev–Trinajstić information content (AvgIpc) is 3.24. The third kappa shape index (κ3) is 4.88. The summed E-state index contributed by atoms with van der Waals surface area (Å²) in [6.07, 6.45) is 3.65. The Morgan fingerprint density at radius 2 is 1.90 bits per heavy atom. The highest BCUT2D eigenvalue weighted by Gasteiger charge is 2.17. The van der Waals surface area contributed by atoms with Crippen LogP contribution in [-0.2, 0) is 11.3 Å². The molecule has 2 N–H and O–H groups in total. The molecule has 30 heavy (non-hydrogen) atoms. The number of nitrogens with one attached hydrogen (secondary N) is 1. The van der Waals surface area contributed by atoms with Gasteiger partial charge in [-0.2, -0.15) is 5.10 Å². The van der Waals surface area contributed by atoms with Crippen LogP contribution in [0.5, 0.6) is 5.75 Å². The zero-order valence-electron chi connectivity index (χ0n) is 18.1. The van der Waals surface area contributed by atoms with E-state index in [1.165, 1.54) is 0 Å². The number of rotatable bonds is 7. The van der Waals surface area contributed by atoms with Gasteiger partial charge in [-0.25, -0.2) is 4.98 Å². The van der Waals surface area contributed by atoms with Gasteiger partial charge in [-0.3, -0.25) is 14.0 Å². The fourth-order valence-electron chi connectivity index (χ4n) is 3.35. The molecule has 160 valence electrons. The minimum absolute atomic E-state index is 0.0341. The molecule has 2 aromatic heterocycles. The number of aliphatic hydroxyl groups is 1. The normalized spacial score (nSPS) is 11.5. The van der Waals surface area contributed by atoms with Crippen molar-refractivity contribution in [2.45, 2.75) is 46.7 Å². The van der Waals surface area contributed by atoms with Gasteiger partial charge in [0.2, 0.25) is 0 Å². The molecule has 0 spiro atoms. The first-order chi connectivity index (χ1) is 14.2. The number of benzene rings is 1. The van der Waals surface area contributed by atoms with Crippen molar-refractivity contribution in [2.24, 2.45) is 0 Å². The molecule has 0 atom stereocenters. The molecule has 0 unspecified atom stereocenters. The Morgan fingerprint density at radius 3 is 2.53 bits per heavy atom. The van der Waals surface area contributed by atoms with Gasteiger partial charge >= 0.3 is 0 Å². The van der Waals surface area contributed by atoms with E-state index in [2.05, 4.69) is 15.4 Å². The molecule has 8 nitrogen and oxygen atoms in total. The summed E-state index contributed by atoms with van der Waals surface area (Å²) in [6, 6.07) is 7.48. The predicted molar refractivity (Wildman–Crippen MR) is 115 cm³/mol. The van der Waals surface area contributed by atoms with Gasteiger partial charge in [0, 0.05) is 23.5 Å². The van der Waals surface area contributed by atoms with Gasteiger partial charge in [-0.05, 0) is 58.9 Å². The molecule has 1 aromatic carbocycles. The van der Waals surface area contributed by atoms with Gasteiger partial charge in [0.1, 0.15) is 11.6 Å². The number of amides is 1. The van der Waals surface area contributed by atoms with E-state index >= 15 is 0 Å². The lowest BCUT2D eigenvalue weighted by atomic mass is 10.1. The van der Waals surface area contributed by atoms with Gasteiger partial charge in [0.25, 0.3) is 5.91 Å². The van der Waals surface area contributed by atoms with E-state index in [0.717, 1.165) is 28.5 Å². The van der Waals surface area contributed by atoms with E-state index in [9.17, 15) is 9.90 Å². The Kier molecular flexibility index (Phi) is 6.26. The lowest BCUT2D eigenvalue weighted by Crippen LogP contribution is -2.43. The molecule has 0 aliphatic carbocycles. The van der Waals surface area contributed by atoms with E-state index in [4.69, 9.17) is 4.74 Å². The third-order valence-corrected chi connectivity index (χ3v) is 4.53. The quantitative estimate of drug-likeness (QED) is 0.623. The Bertz CT molecular complexity index is 1010. The number of aromatic nitrogens is 4. The summed E-state index contributed by atoms with van der Waals surface area (Å²) in [7, 11) is 0. The lowest BCUT2D eigenvalue weighted by Gasteiger charge is -2.20. The summed E-state index contributed by atoms with van der Waals surface area (Å²) in [5, 5.41) is 16.6. The second kappa shape index (κ2) is 8.71. The van der Waals surface area contributed by atoms with Crippen molar-refractivity contribution in [1.29, 1.82) is 0 Å². The summed E-state index contributed by atoms with van der Waals surface area (Å²) in [6.45, 7) is 10.2. The van der Waals surface area contributed by atoms with E-state index in [1.54, 1.807) is 10.9 Å². The summed E-state index contributed by atoms with van der Waals surface area (Å²) in [5.74, 6) is 1.23. The second-order valence-electron chi connectivity index (χ2n) is 8.20. The number of carbonyl (C=O) groups excluding carboxylic acids is 1. The van der Waals surface area contributed by atoms with E-state index < -0.39 is 0 Å². The zero-order valence-corrected chi connectivity index (χ0v) is 18.1. The molecule has 2 heterocycles. The van der Waals surface area contributed by atoms with Crippen LogP contribution in [-0.4, -0.2) is 49.1 Å². The van der Waals surface area contributed by atoms with Crippen LogP contribution in [0, 0.1) is 13.8 Å². The highest BCUT2D eigenvalue weighted by atomic mass is 16.5. The number of hydrogen-bond donors (Lipinski definition) is 2. The number of aliphatic hydroxyl groups excluding tert-OH is 1. The number of ether oxygens (including phenoxy) is 1. The molecule has 3 rings (SSSR count). The van der Waals surface area contributed by atoms with Gasteiger partial charge in [0.05, 0.1) is 30.2 Å². The standard InChI is InChI=1S/C22H29N5O3/c1-15-20(16(2)27(25-15)12-13-28)26-11-10-23-21(26)17-6-8-18(9-7-17)30-14-19(29)24-22(3,4)5/h6-11,28H,12-14H2,1-5H3,(H,24,29). The van der Waals surface area contributed by atoms with Crippen LogP contribution in [0.1, 0.15) is 32.2 Å². The highest BCUT2D eigenvalue weighted by molar-refractivity contribution is 5.78. The minimum atomic E-state index is -0.289. The Hall–Kier alpha value is -3.13. The molecule has 0 aliphatic rings. The molecule has 0 saturated heterocycles. The molecule has 0 saturated carbocycles. The predicted octanol–water partition coefficient (Wildman–Crippen LogP) is 2.64. The van der Waals surface area contributed by atoms with E-state index in [1.807, 2.05) is 69.6 Å². The Labute approximate surface area is 176 Å². The maximum Gasteiger partial charge on any atom is 0.258 e. The average molecular weight is 412 g/mol. The van der Waals surface area contributed by atoms with Crippen LogP contribution >= 0.6 is 0 Å². The SMILES string of the molecule is Cc1nn(CCO)c(C)c1-n1ccnc1-c1ccc(OCC(=O)NC(C)(C)C)cc1. The van der Waals surface area contributed by atoms with Crippen molar-refractivity contribution in [2.75, 3.05) is 13.2 Å². The molecule has 0 radical (unpaired) electrons. The lowest BCUT2D eigenvalue weighted by molar-refractivity contribution is -0.124. The molecule has 0 bridgehead atoms. The van der Waals surface area contributed by atoms with Gasteiger partial charge in [-0.1, -0.05) is 0 Å². The molecule has 0 aliphatic heterocycles. The number of carbonyl (C=O) groups is 1. The fraction of sp³-hybridized carbons (Fsp3) is 0.409. The van der Waals surface area contributed by atoms with Crippen molar-refractivity contribution in [3.63, 3.8) is 0 Å². The van der Waals surface area contributed by atoms with Crippen molar-refractivity contribution in [1.82, 2.24) is 24.6 Å². The number of hydrogen-bond acceptors (Lipinski definition) is 5. The van der Waals surface area contributed by atoms with Crippen LogP contribution in [0.15, 0.2) is 36.7 Å². The summed E-state index contributed by atoms with van der Waals surface area (Å²) < 4.78 is 9.39. The Morgan fingerprint density at radius 1 is 1.20 bits per heavy atom. The summed E-state index contributed by atoms with van der Waals surface area (Å²) in [5.41, 5.74) is 3.41. The molecule has 1 amide bonds. The summed E-state index contributed by atoms with van der Waals surface area (Å²) in [4.78, 5) is 16.4. The first-order valence-corrected chi connectivity index (χ1v) is 9.92. The molecular formula is C22H29N5O3. The van der Waals surface area contributed by atoms with Crippen LogP contribution in [0.2, 0.25) is 0 Å². The number of aryl methyl sites for hydroxylation is 1. The van der Waals surface area contributed by atoms with E-state index in [-0.39, 0.29) is 24.7 Å². The fourth-order valence-corrected chi connectivity index (χ4v) is 3.35. The van der Waals surface area contributed by atoms with Crippen molar-refractivity contribution in [3.05, 3.63) is 48.0 Å². The first kappa shape index (κ1) is 21.6. The highest BCUT2D eigenvalue weighted by Crippen LogP contribution is 2.27. The number of nitrogens with zero attached hydrogens (tertiary/aromatic N) is 4. The first-order valence-electron chi connectivity index (χ1n) is 9.92. The van der Waals surface area contributed by atoms with Crippen LogP contribution in [0.3, 0.4) is 0 Å². The molecule has 3 aromatic rings. The monoisotopic (exact) mass is 411 g/mol. The largest absolute Gasteiger partial charge is 0.484 e. The maximum atomic E-state index is 11.9. The molecular weight excluding hydrogens is 382 g/mol. The second-order valence-corrected chi connectivity index (χ2v) is 8.20. The smallest absolute Gasteiger partial charge is 0.258 e. The van der Waals surface area contributed by atoms with Crippen molar-refractivity contribution in [3.8, 4) is 22.8 Å². The molecule has 0 fully saturated rings. The van der Waals surface area contributed by atoms with Crippen molar-refractivity contribution >= 4 is 5.91 Å². The topological polar surface area (TPSA) is 94.2 Å². The number of imidazole rings is 1. The van der Waals surface area contributed by atoms with Crippen LogP contribution < -0.4 is 10.1 Å². The van der Waals surface area contributed by atoms with Gasteiger partial charge < -0.3 is 15.2 Å². The van der Waals surface area contributed by atoms with Crippen LogP contribution in [0.4, 0.5) is 0 Å². The minimum Gasteiger partial charge on any atom is -0.484 e. The van der Waals surface area contributed by atoms with Gasteiger partial charge in [-0.15, -0.1) is 0 Å². The van der Waals surface area contributed by atoms with Crippen molar-refractivity contribution < 1.29 is 14.6 Å². The maximum absolute atomic E-state index is 11.9. The van der Waals surface area contributed by atoms with Crippen LogP contribution in [0.25, 0.3) is 17.1 Å². The van der Waals surface area contributed by atoms with Gasteiger partial charge in [0.15, 0.2) is 6.61 Å². The third-order valence-electron chi connectivity index (χ3n) is 4.53. The molecule has 8 heteroatoms. The summed E-state index contributed by atoms with van der Waals surface area (Å²) >= 11 is 0.